The third-order valence-electron chi connectivity index (χ3n) is 3.08. The second-order valence-electron chi connectivity index (χ2n) is 4.86. The number of rotatable bonds is 5. The second-order valence-corrected chi connectivity index (χ2v) is 7.99. The predicted octanol–water partition coefficient (Wildman–Crippen LogP) is 2.64. The van der Waals surface area contributed by atoms with Crippen LogP contribution in [0.4, 0.5) is 5.69 Å². The topological polar surface area (TPSA) is 84.3 Å². The van der Waals surface area contributed by atoms with Gasteiger partial charge in [0.1, 0.15) is 5.15 Å². The minimum atomic E-state index is -4.01. The first kappa shape index (κ1) is 19.0. The molecule has 7 nitrogen and oxygen atoms in total. The van der Waals surface area contributed by atoms with Gasteiger partial charge < -0.3 is 9.88 Å². The van der Waals surface area contributed by atoms with Crippen molar-refractivity contribution in [2.24, 2.45) is 7.05 Å². The van der Waals surface area contributed by atoms with E-state index in [2.05, 4.69) is 10.3 Å². The number of anilines is 1. The highest BCUT2D eigenvalue weighted by Crippen LogP contribution is 2.29. The molecule has 1 aromatic heterocycles. The summed E-state index contributed by atoms with van der Waals surface area (Å²) < 4.78 is 27.0. The number of carbonyl (C=O) groups is 1. The van der Waals surface area contributed by atoms with Crippen molar-refractivity contribution < 1.29 is 13.2 Å². The number of aromatic nitrogens is 2. The Labute approximate surface area is 154 Å². The third-order valence-corrected chi connectivity index (χ3v) is 6.01. The molecule has 0 saturated carbocycles. The van der Waals surface area contributed by atoms with Crippen molar-refractivity contribution in [2.45, 2.75) is 5.03 Å². The highest BCUT2D eigenvalue weighted by Gasteiger charge is 2.28. The molecule has 2 rings (SSSR count). The summed E-state index contributed by atoms with van der Waals surface area (Å²) >= 11 is 17.8. The van der Waals surface area contributed by atoms with E-state index in [-0.39, 0.29) is 25.9 Å². The van der Waals surface area contributed by atoms with Gasteiger partial charge in [-0.2, -0.15) is 4.31 Å². The van der Waals surface area contributed by atoms with Gasteiger partial charge in [0.15, 0.2) is 0 Å². The summed E-state index contributed by atoms with van der Waals surface area (Å²) in [5, 5.41) is 2.61. The molecule has 1 amide bonds. The van der Waals surface area contributed by atoms with E-state index in [1.54, 1.807) is 25.2 Å². The van der Waals surface area contributed by atoms with Crippen LogP contribution in [0.2, 0.25) is 15.2 Å². The van der Waals surface area contributed by atoms with Crippen molar-refractivity contribution in [3.63, 3.8) is 0 Å². The van der Waals surface area contributed by atoms with Gasteiger partial charge in [-0.15, -0.1) is 0 Å². The number of amides is 1. The van der Waals surface area contributed by atoms with Crippen molar-refractivity contribution in [1.82, 2.24) is 13.9 Å². The number of hydrogen-bond donors (Lipinski definition) is 1. The van der Waals surface area contributed by atoms with Crippen LogP contribution in [0.15, 0.2) is 29.6 Å². The van der Waals surface area contributed by atoms with Gasteiger partial charge in [0.25, 0.3) is 10.0 Å². The smallest absolute Gasteiger partial charge is 0.263 e. The monoisotopic (exact) mass is 410 g/mol. The maximum atomic E-state index is 12.4. The molecule has 24 heavy (non-hydrogen) atoms. The second kappa shape index (κ2) is 7.28. The highest BCUT2D eigenvalue weighted by atomic mass is 35.5. The standard InChI is InChI=1S/C13H13Cl3N4O3S/c1-19-7-17-13(12(19)16)24(22,23)20(2)6-10(21)18-11-8(14)4-3-5-9(11)15/h3-5,7H,6H2,1-2H3,(H,18,21). The molecular weight excluding hydrogens is 399 g/mol. The van der Waals surface area contributed by atoms with Crippen molar-refractivity contribution >= 4 is 56.4 Å². The van der Waals surface area contributed by atoms with Crippen molar-refractivity contribution in [1.29, 1.82) is 0 Å². The molecule has 0 radical (unpaired) electrons. The van der Waals surface area contributed by atoms with E-state index in [9.17, 15) is 13.2 Å². The van der Waals surface area contributed by atoms with Crippen molar-refractivity contribution in [3.05, 3.63) is 39.7 Å². The average Bonchev–Trinajstić information content (AvgIpc) is 2.83. The van der Waals surface area contributed by atoms with E-state index in [0.29, 0.717) is 0 Å². The Bertz CT molecular complexity index is 862. The average molecular weight is 412 g/mol. The molecule has 0 spiro atoms. The van der Waals surface area contributed by atoms with E-state index in [1.165, 1.54) is 17.9 Å². The molecule has 0 fully saturated rings. The molecule has 130 valence electrons. The number of nitrogens with one attached hydrogen (secondary N) is 1. The van der Waals surface area contributed by atoms with Crippen LogP contribution < -0.4 is 5.32 Å². The van der Waals surface area contributed by atoms with Gasteiger partial charge in [-0.1, -0.05) is 40.9 Å². The van der Waals surface area contributed by atoms with Gasteiger partial charge in [-0.25, -0.2) is 13.4 Å². The third kappa shape index (κ3) is 3.84. The summed E-state index contributed by atoms with van der Waals surface area (Å²) in [6, 6.07) is 4.73. The maximum absolute atomic E-state index is 12.4. The number of imidazole rings is 1. The van der Waals surface area contributed by atoms with Crippen LogP contribution in [0.5, 0.6) is 0 Å². The number of nitrogens with zero attached hydrogens (tertiary/aromatic N) is 3. The number of likely N-dealkylation sites (N-methyl/N-ethyl adjacent to an activating group) is 1. The molecule has 0 aliphatic carbocycles. The summed E-state index contributed by atoms with van der Waals surface area (Å²) in [7, 11) is -1.21. The number of aryl methyl sites for hydroxylation is 1. The highest BCUT2D eigenvalue weighted by molar-refractivity contribution is 7.89. The first-order valence-electron chi connectivity index (χ1n) is 6.51. The normalized spacial score (nSPS) is 11.8. The van der Waals surface area contributed by atoms with E-state index < -0.39 is 22.5 Å². The fourth-order valence-corrected chi connectivity index (χ4v) is 3.79. The summed E-state index contributed by atoms with van der Waals surface area (Å²) in [4.78, 5) is 15.9. The first-order valence-corrected chi connectivity index (χ1v) is 9.09. The molecule has 0 saturated heterocycles. The molecule has 1 aromatic carbocycles. The summed E-state index contributed by atoms with van der Waals surface area (Å²) in [6.45, 7) is -0.462. The first-order chi connectivity index (χ1) is 11.1. The zero-order valence-corrected chi connectivity index (χ0v) is 15.7. The predicted molar refractivity (Wildman–Crippen MR) is 93.1 cm³/mol. The zero-order chi connectivity index (χ0) is 18.1. The van der Waals surface area contributed by atoms with E-state index >= 15 is 0 Å². The fraction of sp³-hybridized carbons (Fsp3) is 0.231. The maximum Gasteiger partial charge on any atom is 0.263 e. The number of benzene rings is 1. The molecule has 2 aromatic rings. The number of sulfonamides is 1. The number of hydrogen-bond acceptors (Lipinski definition) is 4. The largest absolute Gasteiger partial charge is 0.324 e. The van der Waals surface area contributed by atoms with Crippen molar-refractivity contribution in [3.8, 4) is 0 Å². The molecule has 0 bridgehead atoms. The van der Waals surface area contributed by atoms with Crippen LogP contribution in [0.25, 0.3) is 0 Å². The lowest BCUT2D eigenvalue weighted by Crippen LogP contribution is -2.35. The Hall–Kier alpha value is -1.32. The van der Waals surface area contributed by atoms with Crippen LogP contribution in [0.1, 0.15) is 0 Å². The number of para-hydroxylation sites is 1. The van der Waals surface area contributed by atoms with Gasteiger partial charge in [0.2, 0.25) is 10.9 Å². The van der Waals surface area contributed by atoms with Crippen LogP contribution in [-0.4, -0.2) is 41.8 Å². The molecule has 0 aliphatic heterocycles. The van der Waals surface area contributed by atoms with E-state index in [0.717, 1.165) is 4.31 Å². The van der Waals surface area contributed by atoms with Gasteiger partial charge in [0.05, 0.1) is 28.6 Å². The van der Waals surface area contributed by atoms with Gasteiger partial charge in [-0.3, -0.25) is 4.79 Å². The molecule has 0 atom stereocenters. The molecular formula is C13H13Cl3N4O3S. The Morgan fingerprint density at radius 2 is 1.88 bits per heavy atom. The van der Waals surface area contributed by atoms with Gasteiger partial charge in [-0.05, 0) is 12.1 Å². The Balaban J connectivity index is 2.15. The van der Waals surface area contributed by atoms with E-state index in [1.807, 2.05) is 0 Å². The Morgan fingerprint density at radius 1 is 1.29 bits per heavy atom. The molecule has 0 unspecified atom stereocenters. The van der Waals surface area contributed by atoms with E-state index in [4.69, 9.17) is 34.8 Å². The van der Waals surface area contributed by atoms with Crippen molar-refractivity contribution in [2.75, 3.05) is 18.9 Å². The van der Waals surface area contributed by atoms with Crippen LogP contribution in [-0.2, 0) is 21.9 Å². The Kier molecular flexibility index (Phi) is 5.77. The summed E-state index contributed by atoms with van der Waals surface area (Å²) in [5.74, 6) is -0.608. The quantitative estimate of drug-likeness (QED) is 0.820. The van der Waals surface area contributed by atoms with Crippen LogP contribution in [0.3, 0.4) is 0 Å². The lowest BCUT2D eigenvalue weighted by Gasteiger charge is -2.16. The summed E-state index contributed by atoms with van der Waals surface area (Å²) in [5.41, 5.74) is 0.215. The molecule has 1 heterocycles. The van der Waals surface area contributed by atoms with Gasteiger partial charge >= 0.3 is 0 Å². The molecule has 11 heteroatoms. The molecule has 1 N–H and O–H groups in total. The van der Waals surface area contributed by atoms with Crippen LogP contribution in [0, 0.1) is 0 Å². The minimum Gasteiger partial charge on any atom is -0.324 e. The SMILES string of the molecule is CN(CC(=O)Nc1c(Cl)cccc1Cl)S(=O)(=O)c1ncn(C)c1Cl. The minimum absolute atomic E-state index is 0.0450. The fourth-order valence-electron chi connectivity index (χ4n) is 1.80. The lowest BCUT2D eigenvalue weighted by molar-refractivity contribution is -0.116. The Morgan fingerprint density at radius 3 is 2.38 bits per heavy atom. The number of carbonyl (C=O) groups excluding carboxylic acids is 1. The van der Waals surface area contributed by atoms with Gasteiger partial charge in [0, 0.05) is 14.1 Å². The number of halogens is 3. The summed E-state index contributed by atoms with van der Waals surface area (Å²) in [6.07, 6.45) is 1.27. The lowest BCUT2D eigenvalue weighted by atomic mass is 10.3. The molecule has 0 aliphatic rings. The van der Waals surface area contributed by atoms with Crippen LogP contribution >= 0.6 is 34.8 Å². The zero-order valence-electron chi connectivity index (χ0n) is 12.6.